The maximum Gasteiger partial charge on any atom is 0.326 e. The number of carboxylic acid groups (broad SMARTS) is 1. The molecule has 1 fully saturated rings. The molecule has 12 N–H and O–H groups in total. The van der Waals surface area contributed by atoms with E-state index in [1.54, 1.807) is 0 Å². The van der Waals surface area contributed by atoms with Crippen molar-refractivity contribution >= 4 is 35.6 Å². The molecule has 204 valence electrons. The summed E-state index contributed by atoms with van der Waals surface area (Å²) in [6.07, 6.45) is 3.92. The number of nitrogens with two attached hydrogens (primary N) is 3. The number of hydrogen-bond donors (Lipinski definition) is 9. The first-order valence-corrected chi connectivity index (χ1v) is 11.7. The number of primary amides is 1. The number of aliphatic imine (C=N–C) groups is 1. The SMILES string of the molecule is NC(=O)CC(NC(=O)C(CCCN=C(N)N)NC(=O)C1CCCN1)C(=O)NC(Cc1cnc[nH]1)C(=O)O. The number of aromatic amines is 1. The summed E-state index contributed by atoms with van der Waals surface area (Å²) in [6.45, 7) is 0.867. The Morgan fingerprint density at radius 2 is 1.78 bits per heavy atom. The number of nitrogens with zero attached hydrogens (tertiary/aromatic N) is 2. The number of carbonyl (C=O) groups excluding carboxylic acids is 4. The van der Waals surface area contributed by atoms with Crippen molar-refractivity contribution in [3.8, 4) is 0 Å². The van der Waals surface area contributed by atoms with Gasteiger partial charge in [0.25, 0.3) is 0 Å². The lowest BCUT2D eigenvalue weighted by atomic mass is 10.1. The molecule has 1 saturated heterocycles. The lowest BCUT2D eigenvalue weighted by Crippen LogP contribution is -2.58. The topological polar surface area (TPSA) is 273 Å². The molecule has 0 radical (unpaired) electrons. The predicted molar refractivity (Wildman–Crippen MR) is 130 cm³/mol. The highest BCUT2D eigenvalue weighted by atomic mass is 16.4. The molecule has 0 aromatic carbocycles. The fraction of sp³-hybridized carbons (Fsp3) is 0.571. The van der Waals surface area contributed by atoms with Gasteiger partial charge in [-0.2, -0.15) is 0 Å². The molecule has 1 aromatic rings. The second-order valence-corrected chi connectivity index (χ2v) is 8.57. The van der Waals surface area contributed by atoms with Crippen LogP contribution in [0, 0.1) is 0 Å². The molecule has 2 rings (SSSR count). The molecule has 16 heteroatoms. The lowest BCUT2D eigenvalue weighted by molar-refractivity contribution is -0.142. The largest absolute Gasteiger partial charge is 0.480 e. The van der Waals surface area contributed by atoms with Gasteiger partial charge in [0, 0.05) is 24.9 Å². The summed E-state index contributed by atoms with van der Waals surface area (Å²) in [7, 11) is 0. The van der Waals surface area contributed by atoms with Crippen LogP contribution >= 0.6 is 0 Å². The molecule has 1 aliphatic rings. The normalized spacial score (nSPS) is 17.1. The van der Waals surface area contributed by atoms with Crippen LogP contribution in [0.3, 0.4) is 0 Å². The number of imidazole rings is 1. The number of guanidine groups is 1. The van der Waals surface area contributed by atoms with Crippen LogP contribution in [-0.2, 0) is 30.4 Å². The zero-order chi connectivity index (χ0) is 27.4. The number of carbonyl (C=O) groups is 5. The van der Waals surface area contributed by atoms with Crippen molar-refractivity contribution in [2.75, 3.05) is 13.1 Å². The van der Waals surface area contributed by atoms with Gasteiger partial charge < -0.3 is 48.6 Å². The molecule has 4 unspecified atom stereocenters. The Morgan fingerprint density at radius 1 is 1.08 bits per heavy atom. The van der Waals surface area contributed by atoms with Crippen molar-refractivity contribution in [2.24, 2.45) is 22.2 Å². The molecule has 2 heterocycles. The summed E-state index contributed by atoms with van der Waals surface area (Å²) in [4.78, 5) is 72.3. The summed E-state index contributed by atoms with van der Waals surface area (Å²) < 4.78 is 0. The second kappa shape index (κ2) is 14.4. The van der Waals surface area contributed by atoms with E-state index in [1.165, 1.54) is 12.5 Å². The second-order valence-electron chi connectivity index (χ2n) is 8.57. The van der Waals surface area contributed by atoms with Gasteiger partial charge in [0.05, 0.1) is 18.8 Å². The van der Waals surface area contributed by atoms with Gasteiger partial charge in [-0.15, -0.1) is 0 Å². The van der Waals surface area contributed by atoms with Crippen LogP contribution in [0.5, 0.6) is 0 Å². The van der Waals surface area contributed by atoms with E-state index >= 15 is 0 Å². The smallest absolute Gasteiger partial charge is 0.326 e. The first-order chi connectivity index (χ1) is 17.6. The Hall–Kier alpha value is -4.21. The van der Waals surface area contributed by atoms with Gasteiger partial charge in [0.2, 0.25) is 23.6 Å². The molecule has 1 aliphatic heterocycles. The maximum atomic E-state index is 13.1. The third kappa shape index (κ3) is 10.1. The average molecular weight is 523 g/mol. The number of H-pyrrole nitrogens is 1. The van der Waals surface area contributed by atoms with Gasteiger partial charge >= 0.3 is 5.97 Å². The Morgan fingerprint density at radius 3 is 2.35 bits per heavy atom. The van der Waals surface area contributed by atoms with E-state index in [4.69, 9.17) is 17.2 Å². The van der Waals surface area contributed by atoms with Gasteiger partial charge in [0.1, 0.15) is 18.1 Å². The van der Waals surface area contributed by atoms with Gasteiger partial charge in [-0.1, -0.05) is 0 Å². The quantitative estimate of drug-likeness (QED) is 0.0614. The third-order valence-electron chi connectivity index (χ3n) is 5.59. The zero-order valence-electron chi connectivity index (χ0n) is 20.2. The van der Waals surface area contributed by atoms with Crippen molar-refractivity contribution in [3.05, 3.63) is 18.2 Å². The molecule has 0 saturated carbocycles. The molecular formula is C21H34N10O6. The number of aliphatic carboxylic acids is 1. The Balaban J connectivity index is 2.11. The molecule has 0 spiro atoms. The van der Waals surface area contributed by atoms with Gasteiger partial charge in [-0.3, -0.25) is 24.2 Å². The zero-order valence-corrected chi connectivity index (χ0v) is 20.2. The molecule has 16 nitrogen and oxygen atoms in total. The van der Waals surface area contributed by atoms with Gasteiger partial charge in [-0.05, 0) is 32.2 Å². The van der Waals surface area contributed by atoms with Crippen LogP contribution < -0.4 is 38.5 Å². The number of rotatable bonds is 15. The predicted octanol–water partition coefficient (Wildman–Crippen LogP) is -3.83. The summed E-state index contributed by atoms with van der Waals surface area (Å²) in [5, 5.41) is 19.9. The molecule has 1 aromatic heterocycles. The van der Waals surface area contributed by atoms with Crippen LogP contribution in [0.2, 0.25) is 0 Å². The molecule has 0 bridgehead atoms. The summed E-state index contributed by atoms with van der Waals surface area (Å²) in [6, 6.07) is -4.39. The highest BCUT2D eigenvalue weighted by Gasteiger charge is 2.32. The number of aromatic nitrogens is 2. The molecule has 4 amide bonds. The van der Waals surface area contributed by atoms with Crippen molar-refractivity contribution in [3.63, 3.8) is 0 Å². The monoisotopic (exact) mass is 522 g/mol. The highest BCUT2D eigenvalue weighted by Crippen LogP contribution is 2.08. The average Bonchev–Trinajstić information content (AvgIpc) is 3.54. The van der Waals surface area contributed by atoms with Crippen molar-refractivity contribution in [2.45, 2.75) is 62.7 Å². The number of amides is 4. The summed E-state index contributed by atoms with van der Waals surface area (Å²) >= 11 is 0. The number of carboxylic acids is 1. The van der Waals surface area contributed by atoms with E-state index in [2.05, 4.69) is 36.2 Å². The highest BCUT2D eigenvalue weighted by molar-refractivity contribution is 5.96. The molecule has 0 aliphatic carbocycles. The number of nitrogens with one attached hydrogen (secondary N) is 5. The lowest BCUT2D eigenvalue weighted by Gasteiger charge is -2.24. The van der Waals surface area contributed by atoms with Crippen LogP contribution in [0.25, 0.3) is 0 Å². The summed E-state index contributed by atoms with van der Waals surface area (Å²) in [5.74, 6) is -4.42. The van der Waals surface area contributed by atoms with Crippen molar-refractivity contribution < 1.29 is 29.1 Å². The first-order valence-electron chi connectivity index (χ1n) is 11.7. The summed E-state index contributed by atoms with van der Waals surface area (Å²) in [5.41, 5.74) is 16.3. The minimum absolute atomic E-state index is 0.115. The van der Waals surface area contributed by atoms with E-state index in [0.29, 0.717) is 25.1 Å². The van der Waals surface area contributed by atoms with Crippen LogP contribution in [0.4, 0.5) is 0 Å². The fourth-order valence-electron chi connectivity index (χ4n) is 3.72. The van der Waals surface area contributed by atoms with Crippen molar-refractivity contribution in [1.82, 2.24) is 31.2 Å². The third-order valence-corrected chi connectivity index (χ3v) is 5.59. The van der Waals surface area contributed by atoms with E-state index in [-0.39, 0.29) is 31.3 Å². The van der Waals surface area contributed by atoms with E-state index in [0.717, 1.165) is 6.42 Å². The maximum absolute atomic E-state index is 13.1. The van der Waals surface area contributed by atoms with Crippen LogP contribution in [-0.4, -0.2) is 87.9 Å². The number of hydrogen-bond acceptors (Lipinski definition) is 8. The minimum Gasteiger partial charge on any atom is -0.480 e. The molecular weight excluding hydrogens is 488 g/mol. The fourth-order valence-corrected chi connectivity index (χ4v) is 3.72. The first kappa shape index (κ1) is 29.0. The van der Waals surface area contributed by atoms with Crippen LogP contribution in [0.1, 0.15) is 37.8 Å². The van der Waals surface area contributed by atoms with E-state index in [9.17, 15) is 29.1 Å². The Bertz CT molecular complexity index is 972. The van der Waals surface area contributed by atoms with Gasteiger partial charge in [0.15, 0.2) is 5.96 Å². The van der Waals surface area contributed by atoms with Gasteiger partial charge in [-0.25, -0.2) is 9.78 Å². The minimum atomic E-state index is -1.48. The van der Waals surface area contributed by atoms with Crippen molar-refractivity contribution in [1.29, 1.82) is 0 Å². The van der Waals surface area contributed by atoms with E-state index in [1.807, 2.05) is 0 Å². The molecule has 4 atom stereocenters. The molecule has 37 heavy (non-hydrogen) atoms. The van der Waals surface area contributed by atoms with Crippen LogP contribution in [0.15, 0.2) is 17.5 Å². The Kier molecular flexibility index (Phi) is 11.3. The standard InChI is InChI=1S/C21H34N10O6/c22-16(32)8-14(19(35)31-15(20(36)37)7-11-9-25-10-28-11)30-18(34)13(4-2-6-27-21(23)24)29-17(33)12-3-1-5-26-12/h9-10,12-15,26H,1-8H2,(H2,22,32)(H,25,28)(H,29,33)(H,30,34)(H,31,35)(H,36,37)(H4,23,24,27). The van der Waals surface area contributed by atoms with E-state index < -0.39 is 54.3 Å². The Labute approximate surface area is 212 Å².